The highest BCUT2D eigenvalue weighted by molar-refractivity contribution is 5.74. The molecular weight excluding hydrogens is 316 g/mol. The van der Waals surface area contributed by atoms with Crippen LogP contribution in [0.3, 0.4) is 0 Å². The summed E-state index contributed by atoms with van der Waals surface area (Å²) in [5, 5.41) is 3.61. The Labute approximate surface area is 159 Å². The summed E-state index contributed by atoms with van der Waals surface area (Å²) < 4.78 is 0. The van der Waals surface area contributed by atoms with Crippen LogP contribution in [0.25, 0.3) is 11.3 Å². The molecule has 2 aromatic carbocycles. The number of nitrogens with one attached hydrogen (secondary N) is 1. The number of anilines is 1. The molecule has 0 amide bonds. The van der Waals surface area contributed by atoms with E-state index < -0.39 is 0 Å². The standard InChI is InChI=1S/C21H26N2.C3H6/c1-6-21(20-12-8-11-19(14(2)3)15(20)4)23-16(5)17-9-7-10-18(22)13-17;1-3-2/h6-13,16,23H,2,22H2,1,3-5H3;3H,1H2,2H3. The Bertz CT molecular complexity index is 785. The molecular formula is C24H32N2. The van der Waals surface area contributed by atoms with Crippen LogP contribution in [0.1, 0.15) is 56.0 Å². The minimum Gasteiger partial charge on any atom is -0.399 e. The molecule has 2 rings (SSSR count). The summed E-state index contributed by atoms with van der Waals surface area (Å²) in [6.07, 6.45) is 3.87. The number of hydrogen-bond donors (Lipinski definition) is 2. The van der Waals surface area contributed by atoms with E-state index in [1.165, 1.54) is 22.3 Å². The predicted molar refractivity (Wildman–Crippen MR) is 118 cm³/mol. The molecule has 0 aliphatic heterocycles. The van der Waals surface area contributed by atoms with E-state index in [1.54, 1.807) is 6.08 Å². The third-order valence-corrected chi connectivity index (χ3v) is 4.16. The molecule has 0 heterocycles. The lowest BCUT2D eigenvalue weighted by molar-refractivity contribution is 0.700. The first-order valence-electron chi connectivity index (χ1n) is 8.96. The molecule has 0 aromatic heterocycles. The number of benzene rings is 2. The topological polar surface area (TPSA) is 38.0 Å². The van der Waals surface area contributed by atoms with E-state index in [9.17, 15) is 0 Å². The van der Waals surface area contributed by atoms with E-state index >= 15 is 0 Å². The van der Waals surface area contributed by atoms with Gasteiger partial charge in [0.05, 0.1) is 0 Å². The van der Waals surface area contributed by atoms with Crippen molar-refractivity contribution >= 4 is 17.0 Å². The predicted octanol–water partition coefficient (Wildman–Crippen LogP) is 6.51. The molecule has 1 atom stereocenters. The molecule has 2 heteroatoms. The fraction of sp³-hybridized carbons (Fsp3) is 0.250. The van der Waals surface area contributed by atoms with Crippen LogP contribution in [0.2, 0.25) is 0 Å². The van der Waals surface area contributed by atoms with Crippen molar-refractivity contribution in [1.29, 1.82) is 0 Å². The highest BCUT2D eigenvalue weighted by atomic mass is 14.9. The second-order valence-electron chi connectivity index (χ2n) is 6.41. The molecule has 2 aromatic rings. The molecule has 0 saturated heterocycles. The first-order chi connectivity index (χ1) is 12.3. The van der Waals surface area contributed by atoms with Crippen LogP contribution in [-0.2, 0) is 0 Å². The monoisotopic (exact) mass is 348 g/mol. The van der Waals surface area contributed by atoms with Gasteiger partial charge < -0.3 is 11.1 Å². The molecule has 0 spiro atoms. The molecule has 0 bridgehead atoms. The smallest absolute Gasteiger partial charge is 0.0486 e. The molecule has 0 radical (unpaired) electrons. The molecule has 2 nitrogen and oxygen atoms in total. The minimum atomic E-state index is 0.178. The SMILES string of the molecule is C=C(C)c1cccc(C(=CC)NC(C)c2cccc(N)c2)c1C.C=CC. The summed E-state index contributed by atoms with van der Waals surface area (Å²) >= 11 is 0. The maximum atomic E-state index is 5.90. The Morgan fingerprint density at radius 1 is 1.12 bits per heavy atom. The Kier molecular flexibility index (Phi) is 8.44. The first kappa shape index (κ1) is 21.3. The van der Waals surface area contributed by atoms with E-state index in [-0.39, 0.29) is 6.04 Å². The van der Waals surface area contributed by atoms with Gasteiger partial charge in [0.2, 0.25) is 0 Å². The Balaban J connectivity index is 0.00000105. The van der Waals surface area contributed by atoms with Gasteiger partial charge in [-0.3, -0.25) is 0 Å². The van der Waals surface area contributed by atoms with Gasteiger partial charge in [0.25, 0.3) is 0 Å². The van der Waals surface area contributed by atoms with E-state index in [0.29, 0.717) is 0 Å². The normalized spacial score (nSPS) is 11.8. The lowest BCUT2D eigenvalue weighted by Crippen LogP contribution is -2.18. The Morgan fingerprint density at radius 2 is 1.69 bits per heavy atom. The van der Waals surface area contributed by atoms with Crippen molar-refractivity contribution in [2.24, 2.45) is 0 Å². The van der Waals surface area contributed by atoms with Gasteiger partial charge >= 0.3 is 0 Å². The van der Waals surface area contributed by atoms with Gasteiger partial charge in [-0.2, -0.15) is 0 Å². The van der Waals surface area contributed by atoms with Gasteiger partial charge in [-0.1, -0.05) is 54.6 Å². The number of allylic oxidation sites excluding steroid dienone is 3. The summed E-state index contributed by atoms with van der Waals surface area (Å²) in [6, 6.07) is 14.5. The Morgan fingerprint density at radius 3 is 2.23 bits per heavy atom. The quantitative estimate of drug-likeness (QED) is 0.477. The average molecular weight is 349 g/mol. The maximum absolute atomic E-state index is 5.90. The fourth-order valence-corrected chi connectivity index (χ4v) is 2.85. The van der Waals surface area contributed by atoms with E-state index in [4.69, 9.17) is 5.73 Å². The van der Waals surface area contributed by atoms with Crippen molar-refractivity contribution in [2.45, 2.75) is 40.7 Å². The van der Waals surface area contributed by atoms with Crippen LogP contribution < -0.4 is 11.1 Å². The van der Waals surface area contributed by atoms with Gasteiger partial charge in [0, 0.05) is 23.0 Å². The fourth-order valence-electron chi connectivity index (χ4n) is 2.85. The highest BCUT2D eigenvalue weighted by Gasteiger charge is 2.12. The van der Waals surface area contributed by atoms with Gasteiger partial charge in [-0.15, -0.1) is 6.58 Å². The zero-order valence-electron chi connectivity index (χ0n) is 16.8. The van der Waals surface area contributed by atoms with Crippen molar-refractivity contribution in [1.82, 2.24) is 5.32 Å². The third kappa shape index (κ3) is 5.66. The van der Waals surface area contributed by atoms with Gasteiger partial charge in [-0.05, 0) is 63.4 Å². The average Bonchev–Trinajstić information content (AvgIpc) is 2.60. The summed E-state index contributed by atoms with van der Waals surface area (Å²) in [7, 11) is 0. The zero-order valence-corrected chi connectivity index (χ0v) is 16.8. The molecule has 3 N–H and O–H groups in total. The lowest BCUT2D eigenvalue weighted by atomic mass is 9.95. The molecule has 138 valence electrons. The largest absolute Gasteiger partial charge is 0.399 e. The van der Waals surface area contributed by atoms with E-state index in [0.717, 1.165) is 17.0 Å². The van der Waals surface area contributed by atoms with Crippen molar-refractivity contribution < 1.29 is 0 Å². The zero-order chi connectivity index (χ0) is 19.7. The molecule has 0 aliphatic carbocycles. The van der Waals surface area contributed by atoms with Crippen LogP contribution in [0.5, 0.6) is 0 Å². The van der Waals surface area contributed by atoms with Crippen LogP contribution in [-0.4, -0.2) is 0 Å². The number of nitrogen functional groups attached to an aromatic ring is 1. The molecule has 0 fully saturated rings. The van der Waals surface area contributed by atoms with Crippen molar-refractivity contribution in [3.8, 4) is 0 Å². The first-order valence-corrected chi connectivity index (χ1v) is 8.96. The van der Waals surface area contributed by atoms with E-state index in [2.05, 4.69) is 69.6 Å². The van der Waals surface area contributed by atoms with Crippen LogP contribution >= 0.6 is 0 Å². The lowest BCUT2D eigenvalue weighted by Gasteiger charge is -2.21. The summed E-state index contributed by atoms with van der Waals surface area (Å²) in [5.41, 5.74) is 13.7. The van der Waals surface area contributed by atoms with E-state index in [1.807, 2.05) is 32.0 Å². The second-order valence-corrected chi connectivity index (χ2v) is 6.41. The molecule has 26 heavy (non-hydrogen) atoms. The Hall–Kier alpha value is -2.74. The minimum absolute atomic E-state index is 0.178. The third-order valence-electron chi connectivity index (χ3n) is 4.16. The summed E-state index contributed by atoms with van der Waals surface area (Å²) in [6.45, 7) is 17.7. The van der Waals surface area contributed by atoms with Crippen molar-refractivity contribution in [2.75, 3.05) is 5.73 Å². The molecule has 0 saturated carbocycles. The van der Waals surface area contributed by atoms with Gasteiger partial charge in [-0.25, -0.2) is 0 Å². The van der Waals surface area contributed by atoms with Crippen molar-refractivity contribution in [3.63, 3.8) is 0 Å². The molecule has 0 aliphatic rings. The van der Waals surface area contributed by atoms with Gasteiger partial charge in [0.15, 0.2) is 0 Å². The number of nitrogens with two attached hydrogens (primary N) is 1. The molecule has 1 unspecified atom stereocenters. The number of rotatable bonds is 5. The summed E-state index contributed by atoms with van der Waals surface area (Å²) in [4.78, 5) is 0. The summed E-state index contributed by atoms with van der Waals surface area (Å²) in [5.74, 6) is 0. The van der Waals surface area contributed by atoms with Crippen molar-refractivity contribution in [3.05, 3.63) is 90.0 Å². The van der Waals surface area contributed by atoms with Gasteiger partial charge in [0.1, 0.15) is 0 Å². The second kappa shape index (κ2) is 10.3. The highest BCUT2D eigenvalue weighted by Crippen LogP contribution is 2.26. The maximum Gasteiger partial charge on any atom is 0.0486 e. The number of hydrogen-bond acceptors (Lipinski definition) is 2. The van der Waals surface area contributed by atoms with Crippen LogP contribution in [0, 0.1) is 6.92 Å². The van der Waals surface area contributed by atoms with Crippen LogP contribution in [0.15, 0.2) is 67.8 Å². The van der Waals surface area contributed by atoms with Crippen LogP contribution in [0.4, 0.5) is 5.69 Å².